The van der Waals surface area contributed by atoms with Crippen LogP contribution in [-0.2, 0) is 6.42 Å². The van der Waals surface area contributed by atoms with Gasteiger partial charge >= 0.3 is 0 Å². The number of rotatable bonds is 5. The number of ketones is 1. The molecule has 0 bridgehead atoms. The highest BCUT2D eigenvalue weighted by Crippen LogP contribution is 2.32. The van der Waals surface area contributed by atoms with Gasteiger partial charge in [0.15, 0.2) is 5.78 Å². The number of hydrogen-bond donors (Lipinski definition) is 2. The van der Waals surface area contributed by atoms with Crippen molar-refractivity contribution < 1.29 is 14.6 Å². The molecule has 2 aliphatic rings. The minimum absolute atomic E-state index is 0.0118. The molecule has 2 N–H and O–H groups in total. The summed E-state index contributed by atoms with van der Waals surface area (Å²) in [6.45, 7) is 2.69. The van der Waals surface area contributed by atoms with Gasteiger partial charge in [0.25, 0.3) is 0 Å². The lowest BCUT2D eigenvalue weighted by Gasteiger charge is -2.25. The molecule has 0 radical (unpaired) electrons. The molecule has 1 aromatic heterocycles. The maximum absolute atomic E-state index is 12.7. The maximum Gasteiger partial charge on any atom is 0.168 e. The smallest absolute Gasteiger partial charge is 0.168 e. The molecule has 26 heavy (non-hydrogen) atoms. The number of para-hydroxylation sites is 1. The normalized spacial score (nSPS) is 28.2. The van der Waals surface area contributed by atoms with Crippen molar-refractivity contribution in [2.75, 3.05) is 6.54 Å². The minimum Gasteiger partial charge on any atom is -0.488 e. The second-order valence-electron chi connectivity index (χ2n) is 7.35. The molecule has 1 aromatic carbocycles. The molecule has 0 aliphatic heterocycles. The summed E-state index contributed by atoms with van der Waals surface area (Å²) < 4.78 is 5.92. The third-order valence-electron chi connectivity index (χ3n) is 5.50. The van der Waals surface area contributed by atoms with Gasteiger partial charge in [0.2, 0.25) is 0 Å². The van der Waals surface area contributed by atoms with E-state index in [4.69, 9.17) is 4.74 Å². The van der Waals surface area contributed by atoms with Gasteiger partial charge < -0.3 is 15.2 Å². The lowest BCUT2D eigenvalue weighted by atomic mass is 9.87. The number of nitrogens with one attached hydrogen (secondary N) is 1. The summed E-state index contributed by atoms with van der Waals surface area (Å²) in [5.74, 6) is 1.06. The number of Topliss-reactive ketones (excluding diaryl/α,β-unsaturated/α-hetero) is 1. The molecular weight excluding hydrogens is 346 g/mol. The van der Waals surface area contributed by atoms with E-state index in [1.807, 2.05) is 36.4 Å². The van der Waals surface area contributed by atoms with Gasteiger partial charge in [0.05, 0.1) is 0 Å². The Bertz CT molecular complexity index is 773. The fourth-order valence-electron chi connectivity index (χ4n) is 4.07. The van der Waals surface area contributed by atoms with Crippen LogP contribution in [0.4, 0.5) is 0 Å². The summed E-state index contributed by atoms with van der Waals surface area (Å²) >= 11 is 1.74. The number of aryl methyl sites for hydroxylation is 2. The maximum atomic E-state index is 12.7. The molecular formula is C21H25NO3S. The van der Waals surface area contributed by atoms with Crippen LogP contribution < -0.4 is 10.1 Å². The highest BCUT2D eigenvalue weighted by Gasteiger charge is 2.37. The van der Waals surface area contributed by atoms with Crippen molar-refractivity contribution >= 4 is 17.1 Å². The lowest BCUT2D eigenvalue weighted by molar-refractivity contribution is 0.0442. The van der Waals surface area contributed by atoms with Gasteiger partial charge in [-0.3, -0.25) is 4.79 Å². The van der Waals surface area contributed by atoms with Gasteiger partial charge in [-0.2, -0.15) is 0 Å². The van der Waals surface area contributed by atoms with E-state index in [-0.39, 0.29) is 23.8 Å². The van der Waals surface area contributed by atoms with Crippen LogP contribution in [0.3, 0.4) is 0 Å². The number of aliphatic hydroxyl groups is 1. The number of benzene rings is 1. The number of aliphatic hydroxyl groups excluding tert-OH is 1. The quantitative estimate of drug-likeness (QED) is 0.846. The van der Waals surface area contributed by atoms with Crippen molar-refractivity contribution in [1.82, 2.24) is 5.32 Å². The van der Waals surface area contributed by atoms with Gasteiger partial charge in [-0.05, 0) is 50.8 Å². The van der Waals surface area contributed by atoms with Crippen LogP contribution in [0.2, 0.25) is 0 Å². The third-order valence-corrected chi connectivity index (χ3v) is 6.61. The first kappa shape index (κ1) is 17.7. The largest absolute Gasteiger partial charge is 0.488 e. The zero-order chi connectivity index (χ0) is 18.1. The summed E-state index contributed by atoms with van der Waals surface area (Å²) in [5.41, 5.74) is 0.919. The van der Waals surface area contributed by atoms with E-state index in [9.17, 15) is 9.90 Å². The monoisotopic (exact) mass is 371 g/mol. The van der Waals surface area contributed by atoms with Crippen LogP contribution in [0, 0.1) is 12.8 Å². The van der Waals surface area contributed by atoms with Crippen molar-refractivity contribution in [3.05, 3.63) is 51.7 Å². The molecule has 1 saturated carbocycles. The van der Waals surface area contributed by atoms with Crippen molar-refractivity contribution in [3.8, 4) is 5.75 Å². The number of ether oxygens (including phenoxy) is 1. The Balaban J connectivity index is 1.32. The minimum atomic E-state index is -0.548. The summed E-state index contributed by atoms with van der Waals surface area (Å²) in [6.07, 6.45) is 2.82. The van der Waals surface area contributed by atoms with Gasteiger partial charge in [0.1, 0.15) is 18.0 Å². The van der Waals surface area contributed by atoms with Crippen molar-refractivity contribution in [2.45, 2.75) is 50.9 Å². The van der Waals surface area contributed by atoms with Gasteiger partial charge in [-0.1, -0.05) is 18.2 Å². The molecule has 4 rings (SSSR count). The molecule has 4 atom stereocenters. The molecule has 0 saturated heterocycles. The fourth-order valence-corrected chi connectivity index (χ4v) is 5.13. The molecule has 1 heterocycles. The van der Waals surface area contributed by atoms with Crippen LogP contribution >= 0.6 is 11.3 Å². The van der Waals surface area contributed by atoms with Crippen LogP contribution in [0.5, 0.6) is 5.75 Å². The Labute approximate surface area is 158 Å². The van der Waals surface area contributed by atoms with Crippen LogP contribution in [0.15, 0.2) is 36.4 Å². The van der Waals surface area contributed by atoms with E-state index in [0.29, 0.717) is 6.54 Å². The van der Waals surface area contributed by atoms with Crippen molar-refractivity contribution in [2.24, 2.45) is 5.92 Å². The van der Waals surface area contributed by atoms with E-state index >= 15 is 0 Å². The van der Waals surface area contributed by atoms with Crippen LogP contribution in [-0.4, -0.2) is 35.7 Å². The zero-order valence-corrected chi connectivity index (χ0v) is 15.8. The molecule has 0 amide bonds. The number of hydrogen-bond acceptors (Lipinski definition) is 5. The second-order valence-corrected chi connectivity index (χ2v) is 8.69. The van der Waals surface area contributed by atoms with E-state index in [1.54, 1.807) is 11.3 Å². The SMILES string of the molecule is Cc1cc2c(s1)CCC(CN[C@@H]1CC[C@@H](Oc3ccccc3)[C@H]1O)C2=O. The van der Waals surface area contributed by atoms with E-state index in [0.717, 1.165) is 37.0 Å². The summed E-state index contributed by atoms with van der Waals surface area (Å²) in [7, 11) is 0. The Kier molecular flexibility index (Phi) is 5.11. The Hall–Kier alpha value is -1.69. The van der Waals surface area contributed by atoms with Crippen molar-refractivity contribution in [1.29, 1.82) is 0 Å². The fraction of sp³-hybridized carbons (Fsp3) is 0.476. The average molecular weight is 372 g/mol. The van der Waals surface area contributed by atoms with Crippen molar-refractivity contribution in [3.63, 3.8) is 0 Å². The molecule has 1 fully saturated rings. The molecule has 138 valence electrons. The zero-order valence-electron chi connectivity index (χ0n) is 15.0. The average Bonchev–Trinajstić information content (AvgIpc) is 3.19. The second kappa shape index (κ2) is 7.51. The van der Waals surface area contributed by atoms with E-state index in [1.165, 1.54) is 9.75 Å². The standard InChI is InChI=1S/C21H25NO3S/c1-13-11-16-19(26-13)10-7-14(20(16)23)12-22-17-8-9-18(21(17)24)25-15-5-3-2-4-6-15/h2-6,11,14,17-18,21-22,24H,7-10,12H2,1H3/t14?,17-,18-,21+/m1/s1. The van der Waals surface area contributed by atoms with Gasteiger partial charge in [0, 0.05) is 33.8 Å². The highest BCUT2D eigenvalue weighted by atomic mass is 32.1. The highest BCUT2D eigenvalue weighted by molar-refractivity contribution is 7.12. The Morgan fingerprint density at radius 1 is 1.23 bits per heavy atom. The van der Waals surface area contributed by atoms with E-state index in [2.05, 4.69) is 12.2 Å². The predicted molar refractivity (Wildman–Crippen MR) is 103 cm³/mol. The topological polar surface area (TPSA) is 58.6 Å². The number of fused-ring (bicyclic) bond motifs is 1. The Morgan fingerprint density at radius 3 is 2.85 bits per heavy atom. The molecule has 4 nitrogen and oxygen atoms in total. The van der Waals surface area contributed by atoms with Crippen LogP contribution in [0.1, 0.15) is 39.4 Å². The Morgan fingerprint density at radius 2 is 2.04 bits per heavy atom. The van der Waals surface area contributed by atoms with Gasteiger partial charge in [-0.15, -0.1) is 11.3 Å². The predicted octanol–water partition coefficient (Wildman–Crippen LogP) is 3.36. The first-order valence-electron chi connectivity index (χ1n) is 9.38. The summed E-state index contributed by atoms with van der Waals surface area (Å²) in [6, 6.07) is 11.7. The molecule has 1 unspecified atom stereocenters. The number of carbonyl (C=O) groups excluding carboxylic acids is 1. The van der Waals surface area contributed by atoms with Crippen LogP contribution in [0.25, 0.3) is 0 Å². The molecule has 5 heteroatoms. The molecule has 0 spiro atoms. The lowest BCUT2D eigenvalue weighted by Crippen LogP contribution is -2.44. The van der Waals surface area contributed by atoms with Gasteiger partial charge in [-0.25, -0.2) is 0 Å². The molecule has 2 aromatic rings. The number of carbonyl (C=O) groups is 1. The number of thiophene rings is 1. The molecule has 2 aliphatic carbocycles. The summed E-state index contributed by atoms with van der Waals surface area (Å²) in [5, 5.41) is 14.0. The van der Waals surface area contributed by atoms with E-state index < -0.39 is 6.10 Å². The third kappa shape index (κ3) is 3.56. The first-order valence-corrected chi connectivity index (χ1v) is 10.2. The first-order chi connectivity index (χ1) is 12.6. The summed E-state index contributed by atoms with van der Waals surface area (Å²) in [4.78, 5) is 15.2.